The Balaban J connectivity index is 1.90. The number of halogens is 1. The fourth-order valence-electron chi connectivity index (χ4n) is 3.32. The summed E-state index contributed by atoms with van der Waals surface area (Å²) in [4.78, 5) is 27.1. The third kappa shape index (κ3) is 5.37. The second kappa shape index (κ2) is 9.58. The first-order chi connectivity index (χ1) is 14.0. The topological polar surface area (TPSA) is 70.7 Å². The molecule has 1 aliphatic heterocycles. The van der Waals surface area contributed by atoms with Crippen LogP contribution in [0.15, 0.2) is 65.9 Å². The van der Waals surface area contributed by atoms with Crippen molar-refractivity contribution >= 4 is 23.6 Å². The molecule has 29 heavy (non-hydrogen) atoms. The maximum atomic E-state index is 12.8. The highest BCUT2D eigenvalue weighted by Crippen LogP contribution is 2.28. The summed E-state index contributed by atoms with van der Waals surface area (Å²) in [7, 11) is 1.93. The van der Waals surface area contributed by atoms with E-state index in [1.54, 1.807) is 6.92 Å². The lowest BCUT2D eigenvalue weighted by atomic mass is 9.95. The maximum Gasteiger partial charge on any atom is 0.338 e. The van der Waals surface area contributed by atoms with E-state index in [4.69, 9.17) is 16.3 Å². The molecule has 7 heteroatoms. The summed E-state index contributed by atoms with van der Waals surface area (Å²) in [5.41, 5.74) is 2.86. The van der Waals surface area contributed by atoms with Crippen molar-refractivity contribution in [1.29, 1.82) is 0 Å². The Morgan fingerprint density at radius 3 is 2.45 bits per heavy atom. The molecule has 0 radical (unpaired) electrons. The van der Waals surface area contributed by atoms with Gasteiger partial charge in [-0.3, -0.25) is 4.90 Å². The summed E-state index contributed by atoms with van der Waals surface area (Å²) in [6, 6.07) is 16.1. The second-order valence-corrected chi connectivity index (χ2v) is 7.29. The van der Waals surface area contributed by atoms with Crippen molar-refractivity contribution in [2.45, 2.75) is 19.5 Å². The Hall–Kier alpha value is -2.83. The normalized spacial score (nSPS) is 16.4. The van der Waals surface area contributed by atoms with Crippen LogP contribution in [0.25, 0.3) is 0 Å². The first-order valence-electron chi connectivity index (χ1n) is 9.43. The molecule has 0 fully saturated rings. The zero-order chi connectivity index (χ0) is 20.8. The van der Waals surface area contributed by atoms with Crippen LogP contribution in [0.4, 0.5) is 4.79 Å². The molecule has 0 bridgehead atoms. The number of carbonyl (C=O) groups is 2. The number of amides is 2. The number of ether oxygens (including phenoxy) is 1. The fourth-order valence-corrected chi connectivity index (χ4v) is 3.44. The Bertz CT molecular complexity index is 897. The van der Waals surface area contributed by atoms with Gasteiger partial charge in [0.05, 0.1) is 18.2 Å². The van der Waals surface area contributed by atoms with Crippen LogP contribution in [0.5, 0.6) is 0 Å². The molecule has 0 aliphatic carbocycles. The fraction of sp³-hybridized carbons (Fsp3) is 0.273. The molecule has 0 aromatic heterocycles. The van der Waals surface area contributed by atoms with E-state index in [0.29, 0.717) is 29.4 Å². The lowest BCUT2D eigenvalue weighted by molar-refractivity contribution is -0.139. The summed E-state index contributed by atoms with van der Waals surface area (Å²) in [6.45, 7) is 3.03. The molecule has 0 saturated heterocycles. The molecule has 2 N–H and O–H groups in total. The van der Waals surface area contributed by atoms with Crippen molar-refractivity contribution in [3.05, 3.63) is 82.0 Å². The molecule has 152 valence electrons. The van der Waals surface area contributed by atoms with Crippen molar-refractivity contribution in [3.63, 3.8) is 0 Å². The number of nitrogens with zero attached hydrogens (tertiary/aromatic N) is 1. The minimum atomic E-state index is -0.567. The van der Waals surface area contributed by atoms with Crippen LogP contribution in [-0.2, 0) is 16.1 Å². The van der Waals surface area contributed by atoms with E-state index < -0.39 is 12.0 Å². The smallest absolute Gasteiger partial charge is 0.338 e. The Labute approximate surface area is 175 Å². The lowest BCUT2D eigenvalue weighted by Crippen LogP contribution is -2.48. The lowest BCUT2D eigenvalue weighted by Gasteiger charge is -2.31. The third-order valence-corrected chi connectivity index (χ3v) is 4.83. The zero-order valence-corrected chi connectivity index (χ0v) is 17.2. The second-order valence-electron chi connectivity index (χ2n) is 6.85. The average Bonchev–Trinajstić information content (AvgIpc) is 2.70. The van der Waals surface area contributed by atoms with Gasteiger partial charge in [-0.25, -0.2) is 9.59 Å². The molecule has 0 saturated carbocycles. The van der Waals surface area contributed by atoms with Crippen molar-refractivity contribution in [2.75, 3.05) is 20.2 Å². The molecule has 2 aromatic rings. The Morgan fingerprint density at radius 2 is 1.79 bits per heavy atom. The first kappa shape index (κ1) is 20.9. The Morgan fingerprint density at radius 1 is 1.10 bits per heavy atom. The molecule has 0 spiro atoms. The van der Waals surface area contributed by atoms with Gasteiger partial charge in [0.15, 0.2) is 0 Å². The monoisotopic (exact) mass is 413 g/mol. The molecule has 1 heterocycles. The summed E-state index contributed by atoms with van der Waals surface area (Å²) in [5.74, 6) is -0.441. The van der Waals surface area contributed by atoms with Crippen molar-refractivity contribution in [3.8, 4) is 0 Å². The van der Waals surface area contributed by atoms with Crippen LogP contribution in [-0.4, -0.2) is 37.1 Å². The summed E-state index contributed by atoms with van der Waals surface area (Å²) < 4.78 is 5.29. The highest BCUT2D eigenvalue weighted by Gasteiger charge is 2.33. The number of hydrogen-bond acceptors (Lipinski definition) is 4. The predicted octanol–water partition coefficient (Wildman–Crippen LogP) is 3.64. The van der Waals surface area contributed by atoms with Crippen LogP contribution in [0.1, 0.15) is 24.1 Å². The van der Waals surface area contributed by atoms with Gasteiger partial charge in [0.1, 0.15) is 0 Å². The SMILES string of the molecule is CCOC(=O)C1=C(CN(C)Cc2ccc(Cl)cc2)NC(=O)NC1c1ccccc1. The van der Waals surface area contributed by atoms with Gasteiger partial charge >= 0.3 is 12.0 Å². The van der Waals surface area contributed by atoms with Crippen molar-refractivity contribution in [2.24, 2.45) is 0 Å². The van der Waals surface area contributed by atoms with Crippen molar-refractivity contribution in [1.82, 2.24) is 15.5 Å². The number of likely N-dealkylation sites (N-methyl/N-ethyl adjacent to an activating group) is 1. The number of benzene rings is 2. The van der Waals surface area contributed by atoms with Gasteiger partial charge in [-0.1, -0.05) is 54.1 Å². The van der Waals surface area contributed by atoms with Crippen LogP contribution in [0.3, 0.4) is 0 Å². The first-order valence-corrected chi connectivity index (χ1v) is 9.81. The highest BCUT2D eigenvalue weighted by molar-refractivity contribution is 6.30. The molecule has 2 amide bonds. The molecule has 2 aromatic carbocycles. The molecule has 1 unspecified atom stereocenters. The van der Waals surface area contributed by atoms with Crippen LogP contribution in [0.2, 0.25) is 5.02 Å². The predicted molar refractivity (Wildman–Crippen MR) is 112 cm³/mol. The quantitative estimate of drug-likeness (QED) is 0.680. The molecule has 3 rings (SSSR count). The van der Waals surface area contributed by atoms with E-state index in [1.165, 1.54) is 0 Å². The van der Waals surface area contributed by atoms with E-state index in [9.17, 15) is 9.59 Å². The van der Waals surface area contributed by atoms with Gasteiger partial charge in [0, 0.05) is 23.8 Å². The number of nitrogens with one attached hydrogen (secondary N) is 2. The molecule has 1 aliphatic rings. The number of carbonyl (C=O) groups excluding carboxylic acids is 2. The van der Waals surface area contributed by atoms with Gasteiger partial charge in [0.25, 0.3) is 0 Å². The minimum Gasteiger partial charge on any atom is -0.463 e. The Kier molecular flexibility index (Phi) is 6.90. The van der Waals surface area contributed by atoms with E-state index in [-0.39, 0.29) is 12.6 Å². The van der Waals surface area contributed by atoms with Gasteiger partial charge < -0.3 is 15.4 Å². The standard InChI is InChI=1S/C22H24ClN3O3/c1-3-29-21(27)19-18(14-26(2)13-15-9-11-17(23)12-10-15)24-22(28)25-20(19)16-7-5-4-6-8-16/h4-12,20H,3,13-14H2,1-2H3,(H2,24,25,28). The molecule has 1 atom stereocenters. The highest BCUT2D eigenvalue weighted by atomic mass is 35.5. The summed E-state index contributed by atoms with van der Waals surface area (Å²) in [6.07, 6.45) is 0. The molecular formula is C22H24ClN3O3. The van der Waals surface area contributed by atoms with Crippen LogP contribution < -0.4 is 10.6 Å². The maximum absolute atomic E-state index is 12.8. The third-order valence-electron chi connectivity index (χ3n) is 4.58. The van der Waals surface area contributed by atoms with Gasteiger partial charge in [-0.15, -0.1) is 0 Å². The van der Waals surface area contributed by atoms with Crippen molar-refractivity contribution < 1.29 is 14.3 Å². The average molecular weight is 414 g/mol. The van der Waals surface area contributed by atoms with Gasteiger partial charge in [-0.2, -0.15) is 0 Å². The summed E-state index contributed by atoms with van der Waals surface area (Å²) in [5, 5.41) is 6.32. The van der Waals surface area contributed by atoms with Crippen LogP contribution >= 0.6 is 11.6 Å². The molecule has 6 nitrogen and oxygen atoms in total. The van der Waals surface area contributed by atoms with E-state index >= 15 is 0 Å². The number of esters is 1. The zero-order valence-electron chi connectivity index (χ0n) is 16.4. The summed E-state index contributed by atoms with van der Waals surface area (Å²) >= 11 is 5.95. The van der Waals surface area contributed by atoms with E-state index in [1.807, 2.05) is 66.5 Å². The van der Waals surface area contributed by atoms with Gasteiger partial charge in [-0.05, 0) is 37.2 Å². The van der Waals surface area contributed by atoms with Crippen LogP contribution in [0, 0.1) is 0 Å². The number of hydrogen-bond donors (Lipinski definition) is 2. The largest absolute Gasteiger partial charge is 0.463 e. The molecular weight excluding hydrogens is 390 g/mol. The van der Waals surface area contributed by atoms with E-state index in [0.717, 1.165) is 11.1 Å². The minimum absolute atomic E-state index is 0.256. The number of urea groups is 1. The van der Waals surface area contributed by atoms with Gasteiger partial charge in [0.2, 0.25) is 0 Å². The van der Waals surface area contributed by atoms with E-state index in [2.05, 4.69) is 10.6 Å². The number of rotatable bonds is 7.